The van der Waals surface area contributed by atoms with Gasteiger partial charge in [0.1, 0.15) is 5.82 Å². The molecular weight excluding hydrogens is 488 g/mol. The van der Waals surface area contributed by atoms with Gasteiger partial charge in [-0.2, -0.15) is 0 Å². The van der Waals surface area contributed by atoms with E-state index in [0.29, 0.717) is 32.0 Å². The Hall–Kier alpha value is -2.69. The normalized spacial score (nSPS) is 11.2. The molecule has 0 atom stereocenters. The largest absolute Gasteiger partial charge is 0.361 e. The van der Waals surface area contributed by atoms with E-state index >= 15 is 0 Å². The Bertz CT molecular complexity index is 988. The Labute approximate surface area is 185 Å². The summed E-state index contributed by atoms with van der Waals surface area (Å²) in [6.45, 7) is 3.73. The van der Waals surface area contributed by atoms with E-state index in [1.807, 2.05) is 13.1 Å². The van der Waals surface area contributed by atoms with Gasteiger partial charge >= 0.3 is 0 Å². The number of nitro groups is 1. The third-order valence-corrected chi connectivity index (χ3v) is 4.33. The van der Waals surface area contributed by atoms with Gasteiger partial charge in [0.25, 0.3) is 5.69 Å². The molecule has 3 rings (SSSR count). The number of hydrogen-bond acceptors (Lipinski definition) is 3. The zero-order valence-electron chi connectivity index (χ0n) is 15.9. The topological polar surface area (TPSA) is 95.3 Å². The van der Waals surface area contributed by atoms with Gasteiger partial charge in [-0.15, -0.1) is 24.0 Å². The number of hydrogen-bond donors (Lipinski definition) is 3. The number of aromatic amines is 1. The molecule has 0 aliphatic heterocycles. The summed E-state index contributed by atoms with van der Waals surface area (Å²) < 4.78 is 13.5. The molecule has 0 unspecified atom stereocenters. The second-order valence-corrected chi connectivity index (χ2v) is 6.30. The molecule has 154 valence electrons. The molecule has 29 heavy (non-hydrogen) atoms. The zero-order chi connectivity index (χ0) is 19.9. The number of nitrogens with one attached hydrogen (secondary N) is 3. The Morgan fingerprint density at radius 1 is 1.21 bits per heavy atom. The van der Waals surface area contributed by atoms with Gasteiger partial charge in [-0.25, -0.2) is 9.38 Å². The fourth-order valence-electron chi connectivity index (χ4n) is 2.91. The van der Waals surface area contributed by atoms with E-state index in [1.54, 1.807) is 18.2 Å². The molecule has 3 N–H and O–H groups in total. The molecular formula is C20H23FIN5O2. The fourth-order valence-corrected chi connectivity index (χ4v) is 2.91. The Kier molecular flexibility index (Phi) is 8.37. The average molecular weight is 511 g/mol. The summed E-state index contributed by atoms with van der Waals surface area (Å²) in [5, 5.41) is 18.0. The van der Waals surface area contributed by atoms with Crippen molar-refractivity contribution < 1.29 is 9.31 Å². The monoisotopic (exact) mass is 511 g/mol. The number of fused-ring (bicyclic) bond motifs is 1. The first-order chi connectivity index (χ1) is 13.6. The van der Waals surface area contributed by atoms with Gasteiger partial charge in [-0.3, -0.25) is 10.1 Å². The molecule has 1 heterocycles. The minimum atomic E-state index is -0.421. The summed E-state index contributed by atoms with van der Waals surface area (Å²) in [6.07, 6.45) is 2.61. The van der Waals surface area contributed by atoms with E-state index in [1.165, 1.54) is 24.3 Å². The van der Waals surface area contributed by atoms with Crippen molar-refractivity contribution >= 4 is 46.5 Å². The predicted molar refractivity (Wildman–Crippen MR) is 123 cm³/mol. The maximum absolute atomic E-state index is 13.5. The molecule has 1 aromatic heterocycles. The quantitative estimate of drug-likeness (QED) is 0.146. The molecule has 9 heteroatoms. The number of benzene rings is 2. The van der Waals surface area contributed by atoms with Crippen LogP contribution in [0.5, 0.6) is 0 Å². The first kappa shape index (κ1) is 22.6. The van der Waals surface area contributed by atoms with Crippen LogP contribution in [0.15, 0.2) is 53.7 Å². The highest BCUT2D eigenvalue weighted by Gasteiger charge is 2.06. The van der Waals surface area contributed by atoms with Crippen LogP contribution >= 0.6 is 24.0 Å². The minimum Gasteiger partial charge on any atom is -0.361 e. The van der Waals surface area contributed by atoms with Crippen molar-refractivity contribution in [3.05, 3.63) is 75.7 Å². The van der Waals surface area contributed by atoms with E-state index < -0.39 is 4.92 Å². The first-order valence-corrected chi connectivity index (χ1v) is 9.08. The van der Waals surface area contributed by atoms with Crippen molar-refractivity contribution in [3.63, 3.8) is 0 Å². The number of halogens is 2. The standard InChI is InChI=1S/C20H22FN5O2.HI/c1-2-22-20(25-12-14-3-6-17(7-4-14)26(27)28)23-10-9-15-13-24-19-8-5-16(21)11-18(15)19;/h3-8,11,13,24H,2,9-10,12H2,1H3,(H2,22,23,25);1H. The SMILES string of the molecule is CCNC(=NCc1ccc([N+](=O)[O-])cc1)NCCc1c[nH]c2ccc(F)cc12.I. The number of nitro benzene ring substituents is 1. The van der Waals surface area contributed by atoms with E-state index in [0.717, 1.165) is 22.0 Å². The molecule has 0 fully saturated rings. The van der Waals surface area contributed by atoms with Gasteiger partial charge in [-0.1, -0.05) is 12.1 Å². The lowest BCUT2D eigenvalue weighted by Gasteiger charge is -2.11. The summed E-state index contributed by atoms with van der Waals surface area (Å²) in [6, 6.07) is 11.1. The zero-order valence-corrected chi connectivity index (χ0v) is 18.3. The first-order valence-electron chi connectivity index (χ1n) is 9.08. The van der Waals surface area contributed by atoms with Crippen LogP contribution in [0.1, 0.15) is 18.1 Å². The van der Waals surface area contributed by atoms with Gasteiger partial charge in [-0.05, 0) is 42.7 Å². The maximum Gasteiger partial charge on any atom is 0.269 e. The van der Waals surface area contributed by atoms with Gasteiger partial charge in [0.2, 0.25) is 0 Å². The van der Waals surface area contributed by atoms with Crippen molar-refractivity contribution in [2.45, 2.75) is 19.9 Å². The lowest BCUT2D eigenvalue weighted by atomic mass is 10.1. The summed E-state index contributed by atoms with van der Waals surface area (Å²) in [5.74, 6) is 0.409. The van der Waals surface area contributed by atoms with E-state index in [9.17, 15) is 14.5 Å². The predicted octanol–water partition coefficient (Wildman–Crippen LogP) is 4.13. The summed E-state index contributed by atoms with van der Waals surface area (Å²) in [4.78, 5) is 18.0. The summed E-state index contributed by atoms with van der Waals surface area (Å²) >= 11 is 0. The molecule has 0 spiro atoms. The van der Waals surface area contributed by atoms with Gasteiger partial charge in [0.05, 0.1) is 11.5 Å². The molecule has 3 aromatic rings. The second kappa shape index (κ2) is 10.7. The van der Waals surface area contributed by atoms with Gasteiger partial charge in [0, 0.05) is 42.3 Å². The number of aromatic nitrogens is 1. The van der Waals surface area contributed by atoms with E-state index in [-0.39, 0.29) is 35.5 Å². The maximum atomic E-state index is 13.5. The van der Waals surface area contributed by atoms with Crippen LogP contribution in [0.25, 0.3) is 10.9 Å². The molecule has 0 radical (unpaired) electrons. The van der Waals surface area contributed by atoms with Gasteiger partial charge < -0.3 is 15.6 Å². The highest BCUT2D eigenvalue weighted by molar-refractivity contribution is 14.0. The fraction of sp³-hybridized carbons (Fsp3) is 0.250. The smallest absolute Gasteiger partial charge is 0.269 e. The molecule has 0 saturated carbocycles. The van der Waals surface area contributed by atoms with E-state index in [4.69, 9.17) is 0 Å². The second-order valence-electron chi connectivity index (χ2n) is 6.30. The molecule has 2 aromatic carbocycles. The minimum absolute atomic E-state index is 0. The van der Waals surface area contributed by atoms with Gasteiger partial charge in [0.15, 0.2) is 5.96 Å². The lowest BCUT2D eigenvalue weighted by Crippen LogP contribution is -2.38. The van der Waals surface area contributed by atoms with Crippen molar-refractivity contribution in [3.8, 4) is 0 Å². The molecule has 0 amide bonds. The highest BCUT2D eigenvalue weighted by Crippen LogP contribution is 2.19. The number of nitrogens with zero attached hydrogens (tertiary/aromatic N) is 2. The van der Waals surface area contributed by atoms with Crippen molar-refractivity contribution in [1.82, 2.24) is 15.6 Å². The number of rotatable bonds is 7. The Balaban J connectivity index is 0.00000300. The van der Waals surface area contributed by atoms with Crippen molar-refractivity contribution in [1.29, 1.82) is 0 Å². The highest BCUT2D eigenvalue weighted by atomic mass is 127. The van der Waals surface area contributed by atoms with E-state index in [2.05, 4.69) is 20.6 Å². The van der Waals surface area contributed by atoms with Crippen LogP contribution in [-0.4, -0.2) is 29.0 Å². The summed E-state index contributed by atoms with van der Waals surface area (Å²) in [5.41, 5.74) is 2.89. The molecule has 0 aliphatic rings. The molecule has 0 bridgehead atoms. The van der Waals surface area contributed by atoms with Crippen LogP contribution in [0.4, 0.5) is 10.1 Å². The van der Waals surface area contributed by atoms with Crippen molar-refractivity contribution in [2.75, 3.05) is 13.1 Å². The van der Waals surface area contributed by atoms with Crippen LogP contribution in [-0.2, 0) is 13.0 Å². The Morgan fingerprint density at radius 2 is 1.97 bits per heavy atom. The third-order valence-electron chi connectivity index (χ3n) is 4.33. The van der Waals surface area contributed by atoms with Crippen molar-refractivity contribution in [2.24, 2.45) is 4.99 Å². The number of aliphatic imine (C=N–C) groups is 1. The molecule has 0 saturated heterocycles. The number of H-pyrrole nitrogens is 1. The van der Waals surface area contributed by atoms with Crippen LogP contribution in [0.2, 0.25) is 0 Å². The van der Waals surface area contributed by atoms with Crippen LogP contribution in [0.3, 0.4) is 0 Å². The number of guanidine groups is 1. The summed E-state index contributed by atoms with van der Waals surface area (Å²) in [7, 11) is 0. The average Bonchev–Trinajstić information content (AvgIpc) is 3.08. The molecule has 0 aliphatic carbocycles. The Morgan fingerprint density at radius 3 is 2.66 bits per heavy atom. The molecule has 7 nitrogen and oxygen atoms in total. The third kappa shape index (κ3) is 6.14. The lowest BCUT2D eigenvalue weighted by molar-refractivity contribution is -0.384. The van der Waals surface area contributed by atoms with Crippen LogP contribution < -0.4 is 10.6 Å². The number of non-ortho nitro benzene ring substituents is 1. The van der Waals surface area contributed by atoms with Crippen LogP contribution in [0, 0.1) is 15.9 Å².